The molecule has 2 aromatic carbocycles. The van der Waals surface area contributed by atoms with Gasteiger partial charge < -0.3 is 19.9 Å². The molecule has 0 aliphatic carbocycles. The van der Waals surface area contributed by atoms with Gasteiger partial charge in [-0.2, -0.15) is 5.26 Å². The average molecular weight is 348 g/mol. The van der Waals surface area contributed by atoms with Gasteiger partial charge in [0.25, 0.3) is 5.91 Å². The quantitative estimate of drug-likeness (QED) is 0.917. The maximum atomic E-state index is 12.4. The minimum atomic E-state index is -0.0585. The molecule has 4 rings (SSSR count). The van der Waals surface area contributed by atoms with Gasteiger partial charge in [0.05, 0.1) is 23.9 Å². The summed E-state index contributed by atoms with van der Waals surface area (Å²) >= 11 is 0. The van der Waals surface area contributed by atoms with Crippen LogP contribution in [0, 0.1) is 11.3 Å². The number of anilines is 2. The van der Waals surface area contributed by atoms with Crippen LogP contribution < -0.4 is 19.9 Å². The first-order valence-corrected chi connectivity index (χ1v) is 8.76. The number of hydrogen-bond acceptors (Lipinski definition) is 5. The van der Waals surface area contributed by atoms with Crippen LogP contribution in [0.3, 0.4) is 0 Å². The molecule has 0 spiro atoms. The molecular weight excluding hydrogens is 328 g/mol. The summed E-state index contributed by atoms with van der Waals surface area (Å²) in [6, 6.07) is 15.5. The number of benzene rings is 2. The molecule has 2 aromatic rings. The summed E-state index contributed by atoms with van der Waals surface area (Å²) in [5.41, 5.74) is 3.52. The van der Waals surface area contributed by atoms with E-state index < -0.39 is 0 Å². The zero-order valence-corrected chi connectivity index (χ0v) is 14.4. The number of hydrogen-bond donors (Lipinski definition) is 1. The Balaban J connectivity index is 1.59. The van der Waals surface area contributed by atoms with Crippen molar-refractivity contribution in [1.82, 2.24) is 5.32 Å². The smallest absolute Gasteiger partial charge is 0.265 e. The molecule has 1 fully saturated rings. The first-order chi connectivity index (χ1) is 12.7. The Hall–Kier alpha value is -3.04. The molecule has 0 atom stereocenters. The number of amides is 1. The van der Waals surface area contributed by atoms with E-state index in [1.807, 2.05) is 24.3 Å². The van der Waals surface area contributed by atoms with E-state index in [4.69, 9.17) is 10.00 Å². The topological polar surface area (TPSA) is 68.6 Å². The van der Waals surface area contributed by atoms with E-state index in [0.717, 1.165) is 48.9 Å². The molecule has 1 amide bonds. The van der Waals surface area contributed by atoms with Crippen LogP contribution in [0.5, 0.6) is 5.75 Å². The second-order valence-corrected chi connectivity index (χ2v) is 6.47. The molecule has 132 valence electrons. The highest BCUT2D eigenvalue weighted by Gasteiger charge is 2.26. The Kier molecular flexibility index (Phi) is 4.46. The van der Waals surface area contributed by atoms with Crippen LogP contribution in [0.25, 0.3) is 0 Å². The molecule has 26 heavy (non-hydrogen) atoms. The van der Waals surface area contributed by atoms with E-state index in [-0.39, 0.29) is 12.5 Å². The van der Waals surface area contributed by atoms with Crippen LogP contribution in [0.15, 0.2) is 42.5 Å². The van der Waals surface area contributed by atoms with Gasteiger partial charge in [-0.3, -0.25) is 4.79 Å². The zero-order chi connectivity index (χ0) is 17.9. The van der Waals surface area contributed by atoms with Crippen molar-refractivity contribution in [3.05, 3.63) is 53.6 Å². The van der Waals surface area contributed by atoms with Crippen molar-refractivity contribution < 1.29 is 9.53 Å². The summed E-state index contributed by atoms with van der Waals surface area (Å²) in [5.74, 6) is 0.686. The molecule has 0 bridgehead atoms. The molecule has 6 nitrogen and oxygen atoms in total. The number of nitrogens with one attached hydrogen (secondary N) is 1. The van der Waals surface area contributed by atoms with E-state index in [2.05, 4.69) is 22.4 Å². The largest absolute Gasteiger partial charge is 0.481 e. The van der Waals surface area contributed by atoms with Gasteiger partial charge >= 0.3 is 0 Å². The second kappa shape index (κ2) is 7.06. The minimum absolute atomic E-state index is 0.0499. The lowest BCUT2D eigenvalue weighted by molar-refractivity contribution is -0.121. The first kappa shape index (κ1) is 16.4. The van der Waals surface area contributed by atoms with Gasteiger partial charge in [-0.15, -0.1) is 0 Å². The van der Waals surface area contributed by atoms with Crippen molar-refractivity contribution in [2.45, 2.75) is 6.54 Å². The van der Waals surface area contributed by atoms with Crippen molar-refractivity contribution in [3.63, 3.8) is 0 Å². The van der Waals surface area contributed by atoms with Gasteiger partial charge in [-0.25, -0.2) is 0 Å². The highest BCUT2D eigenvalue weighted by Crippen LogP contribution is 2.36. The highest BCUT2D eigenvalue weighted by molar-refractivity contribution is 5.98. The number of fused-ring (bicyclic) bond motifs is 1. The van der Waals surface area contributed by atoms with E-state index in [1.165, 1.54) is 0 Å². The Morgan fingerprint density at radius 1 is 1.12 bits per heavy atom. The summed E-state index contributed by atoms with van der Waals surface area (Å²) < 4.78 is 5.70. The Morgan fingerprint density at radius 3 is 2.62 bits per heavy atom. The van der Waals surface area contributed by atoms with Crippen LogP contribution in [-0.2, 0) is 11.3 Å². The summed E-state index contributed by atoms with van der Waals surface area (Å²) in [5, 5.41) is 12.3. The van der Waals surface area contributed by atoms with Crippen molar-refractivity contribution in [2.24, 2.45) is 0 Å². The van der Waals surface area contributed by atoms with Gasteiger partial charge in [0, 0.05) is 37.9 Å². The average Bonchev–Trinajstić information content (AvgIpc) is 2.71. The molecule has 6 heteroatoms. The Labute approximate surface area is 152 Å². The standard InChI is InChI=1S/C20H20N4O2/c21-12-15-1-3-16(4-2-15)13-24-18-6-5-17(23-9-7-22-8-10-23)11-19(18)26-14-20(24)25/h1-6,11,22H,7-10,13-14H2. The lowest BCUT2D eigenvalue weighted by Crippen LogP contribution is -2.43. The number of ether oxygens (including phenoxy) is 1. The second-order valence-electron chi connectivity index (χ2n) is 6.47. The van der Waals surface area contributed by atoms with Gasteiger partial charge in [-0.1, -0.05) is 12.1 Å². The van der Waals surface area contributed by atoms with E-state index in [0.29, 0.717) is 12.1 Å². The van der Waals surface area contributed by atoms with Crippen LogP contribution in [0.4, 0.5) is 11.4 Å². The zero-order valence-electron chi connectivity index (χ0n) is 14.4. The van der Waals surface area contributed by atoms with Gasteiger partial charge in [0.1, 0.15) is 5.75 Å². The van der Waals surface area contributed by atoms with E-state index in [9.17, 15) is 4.79 Å². The Bertz CT molecular complexity index is 851. The third-order valence-electron chi connectivity index (χ3n) is 4.79. The SMILES string of the molecule is N#Cc1ccc(CN2C(=O)COc3cc(N4CCNCC4)ccc32)cc1. The summed E-state index contributed by atoms with van der Waals surface area (Å²) in [6.45, 7) is 4.39. The number of piperazine rings is 1. The maximum Gasteiger partial charge on any atom is 0.265 e. The van der Waals surface area contributed by atoms with Crippen LogP contribution in [0.2, 0.25) is 0 Å². The molecular formula is C20H20N4O2. The molecule has 2 aliphatic heterocycles. The molecule has 0 aromatic heterocycles. The molecule has 0 saturated carbocycles. The molecule has 1 N–H and O–H groups in total. The summed E-state index contributed by atoms with van der Waals surface area (Å²) in [4.78, 5) is 16.5. The molecule has 2 aliphatic rings. The summed E-state index contributed by atoms with van der Waals surface area (Å²) in [6.07, 6.45) is 0. The van der Waals surface area contributed by atoms with Crippen molar-refractivity contribution in [1.29, 1.82) is 5.26 Å². The van der Waals surface area contributed by atoms with Crippen molar-refractivity contribution in [3.8, 4) is 11.8 Å². The maximum absolute atomic E-state index is 12.4. The molecule has 1 saturated heterocycles. The van der Waals surface area contributed by atoms with E-state index in [1.54, 1.807) is 17.0 Å². The molecule has 0 unspecified atom stereocenters. The lowest BCUT2D eigenvalue weighted by atomic mass is 10.1. The fraction of sp³-hybridized carbons (Fsp3) is 0.300. The van der Waals surface area contributed by atoms with Gasteiger partial charge in [-0.05, 0) is 29.8 Å². The van der Waals surface area contributed by atoms with Crippen LogP contribution in [-0.4, -0.2) is 38.7 Å². The number of nitriles is 1. The van der Waals surface area contributed by atoms with Crippen molar-refractivity contribution in [2.75, 3.05) is 42.6 Å². The van der Waals surface area contributed by atoms with Crippen LogP contribution >= 0.6 is 0 Å². The Morgan fingerprint density at radius 2 is 1.88 bits per heavy atom. The number of nitrogens with zero attached hydrogens (tertiary/aromatic N) is 3. The van der Waals surface area contributed by atoms with Crippen LogP contribution in [0.1, 0.15) is 11.1 Å². The molecule has 0 radical (unpaired) electrons. The van der Waals surface area contributed by atoms with Crippen molar-refractivity contribution >= 4 is 17.3 Å². The highest BCUT2D eigenvalue weighted by atomic mass is 16.5. The lowest BCUT2D eigenvalue weighted by Gasteiger charge is -2.33. The predicted molar refractivity (Wildman–Crippen MR) is 99.4 cm³/mol. The summed E-state index contributed by atoms with van der Waals surface area (Å²) in [7, 11) is 0. The monoisotopic (exact) mass is 348 g/mol. The van der Waals surface area contributed by atoms with E-state index >= 15 is 0 Å². The third kappa shape index (κ3) is 3.22. The first-order valence-electron chi connectivity index (χ1n) is 8.76. The fourth-order valence-electron chi connectivity index (χ4n) is 3.35. The predicted octanol–water partition coefficient (Wildman–Crippen LogP) is 1.89. The number of rotatable bonds is 3. The number of carbonyl (C=O) groups excluding carboxylic acids is 1. The van der Waals surface area contributed by atoms with Gasteiger partial charge in [0.15, 0.2) is 6.61 Å². The molecule has 2 heterocycles. The minimum Gasteiger partial charge on any atom is -0.481 e. The fourth-order valence-corrected chi connectivity index (χ4v) is 3.35. The normalized spacial score (nSPS) is 16.7. The third-order valence-corrected chi connectivity index (χ3v) is 4.79. The van der Waals surface area contributed by atoms with Gasteiger partial charge in [0.2, 0.25) is 0 Å². The number of carbonyl (C=O) groups is 1.